The van der Waals surface area contributed by atoms with E-state index in [4.69, 9.17) is 4.74 Å². The molecule has 1 aliphatic heterocycles. The molecule has 0 atom stereocenters. The molecule has 0 radical (unpaired) electrons. The van der Waals surface area contributed by atoms with Crippen LogP contribution < -0.4 is 5.32 Å². The van der Waals surface area contributed by atoms with Crippen molar-refractivity contribution < 1.29 is 9.53 Å². The number of nitrogens with zero attached hydrogens (tertiary/aromatic N) is 1. The normalized spacial score (nSPS) is 24.0. The summed E-state index contributed by atoms with van der Waals surface area (Å²) >= 11 is 0. The molecule has 14 heavy (non-hydrogen) atoms. The Kier molecular flexibility index (Phi) is 3.24. The second kappa shape index (κ2) is 4.64. The van der Waals surface area contributed by atoms with E-state index in [1.807, 2.05) is 0 Å². The minimum Gasteiger partial charge on any atom is -0.358 e. The first-order valence-electron chi connectivity index (χ1n) is 5.50. The highest BCUT2D eigenvalue weighted by atomic mass is 16.5. The summed E-state index contributed by atoms with van der Waals surface area (Å²) in [6.45, 7) is 2.01. The third-order valence-electron chi connectivity index (χ3n) is 2.96. The van der Waals surface area contributed by atoms with Gasteiger partial charge in [0.2, 0.25) is 0 Å². The van der Waals surface area contributed by atoms with Crippen LogP contribution in [0.3, 0.4) is 0 Å². The molecule has 80 valence electrons. The fraction of sp³-hybridized carbons (Fsp3) is 0.900. The number of hydrogen-bond donors (Lipinski definition) is 1. The Morgan fingerprint density at radius 1 is 1.36 bits per heavy atom. The van der Waals surface area contributed by atoms with Gasteiger partial charge in [-0.05, 0) is 12.8 Å². The van der Waals surface area contributed by atoms with Crippen LogP contribution in [-0.2, 0) is 4.74 Å². The third kappa shape index (κ3) is 2.38. The first-order valence-corrected chi connectivity index (χ1v) is 5.50. The van der Waals surface area contributed by atoms with Gasteiger partial charge >= 0.3 is 6.03 Å². The van der Waals surface area contributed by atoms with Crippen molar-refractivity contribution in [2.75, 3.05) is 19.8 Å². The summed E-state index contributed by atoms with van der Waals surface area (Å²) in [5.41, 5.74) is 0. The predicted molar refractivity (Wildman–Crippen MR) is 52.9 cm³/mol. The van der Waals surface area contributed by atoms with Crippen molar-refractivity contribution in [1.82, 2.24) is 10.2 Å². The van der Waals surface area contributed by atoms with Gasteiger partial charge < -0.3 is 10.1 Å². The summed E-state index contributed by atoms with van der Waals surface area (Å²) in [4.78, 5) is 12.9. The standard InChI is InChI=1S/C10H18N2O2/c13-10-11-6-7-12(10)8-14-9-4-2-1-3-5-9/h9H,1-8H2,(H,11,13). The second-order valence-corrected chi connectivity index (χ2v) is 4.05. The van der Waals surface area contributed by atoms with Crippen molar-refractivity contribution in [3.8, 4) is 0 Å². The Bertz CT molecular complexity index is 202. The molecule has 2 amide bonds. The van der Waals surface area contributed by atoms with E-state index >= 15 is 0 Å². The van der Waals surface area contributed by atoms with Gasteiger partial charge in [-0.1, -0.05) is 19.3 Å². The summed E-state index contributed by atoms with van der Waals surface area (Å²) in [6.07, 6.45) is 6.60. The summed E-state index contributed by atoms with van der Waals surface area (Å²) in [7, 11) is 0. The largest absolute Gasteiger partial charge is 0.358 e. The molecule has 1 saturated heterocycles. The predicted octanol–water partition coefficient (Wildman–Crippen LogP) is 1.32. The van der Waals surface area contributed by atoms with Crippen molar-refractivity contribution in [3.63, 3.8) is 0 Å². The molecule has 2 fully saturated rings. The van der Waals surface area contributed by atoms with Gasteiger partial charge in [0.15, 0.2) is 0 Å². The molecule has 2 aliphatic rings. The lowest BCUT2D eigenvalue weighted by atomic mass is 9.98. The van der Waals surface area contributed by atoms with Crippen molar-refractivity contribution in [2.24, 2.45) is 0 Å². The van der Waals surface area contributed by atoms with Crippen LogP contribution in [0.2, 0.25) is 0 Å². The molecule has 0 aromatic rings. The Morgan fingerprint density at radius 2 is 2.14 bits per heavy atom. The number of urea groups is 1. The Hall–Kier alpha value is -0.770. The fourth-order valence-electron chi connectivity index (χ4n) is 2.06. The smallest absolute Gasteiger partial charge is 0.319 e. The van der Waals surface area contributed by atoms with Crippen LogP contribution in [0.5, 0.6) is 0 Å². The average Bonchev–Trinajstić information content (AvgIpc) is 2.63. The number of rotatable bonds is 3. The van der Waals surface area contributed by atoms with Crippen LogP contribution in [0.25, 0.3) is 0 Å². The van der Waals surface area contributed by atoms with Crippen LogP contribution in [0.4, 0.5) is 4.79 Å². The zero-order valence-electron chi connectivity index (χ0n) is 8.50. The van der Waals surface area contributed by atoms with E-state index in [1.165, 1.54) is 19.3 Å². The van der Waals surface area contributed by atoms with E-state index in [2.05, 4.69) is 5.32 Å². The zero-order valence-corrected chi connectivity index (χ0v) is 8.50. The number of carbonyl (C=O) groups excluding carboxylic acids is 1. The monoisotopic (exact) mass is 198 g/mol. The minimum atomic E-state index is 0.0146. The van der Waals surface area contributed by atoms with Crippen LogP contribution in [0, 0.1) is 0 Å². The third-order valence-corrected chi connectivity index (χ3v) is 2.96. The summed E-state index contributed by atoms with van der Waals surface area (Å²) in [5.74, 6) is 0. The Morgan fingerprint density at radius 3 is 2.79 bits per heavy atom. The highest BCUT2D eigenvalue weighted by Crippen LogP contribution is 2.20. The summed E-state index contributed by atoms with van der Waals surface area (Å²) in [5, 5.41) is 2.76. The van der Waals surface area contributed by atoms with Gasteiger partial charge in [0.1, 0.15) is 6.73 Å². The molecular weight excluding hydrogens is 180 g/mol. The lowest BCUT2D eigenvalue weighted by Crippen LogP contribution is -2.33. The maximum Gasteiger partial charge on any atom is 0.319 e. The topological polar surface area (TPSA) is 41.6 Å². The van der Waals surface area contributed by atoms with Gasteiger partial charge in [-0.25, -0.2) is 4.79 Å². The van der Waals surface area contributed by atoms with Crippen molar-refractivity contribution >= 4 is 6.03 Å². The van der Waals surface area contributed by atoms with Gasteiger partial charge in [-0.3, -0.25) is 4.90 Å². The highest BCUT2D eigenvalue weighted by molar-refractivity contribution is 5.75. The molecule has 1 N–H and O–H groups in total. The first kappa shape index (κ1) is 9.77. The first-order chi connectivity index (χ1) is 6.86. The number of carbonyl (C=O) groups is 1. The van der Waals surface area contributed by atoms with Gasteiger partial charge in [0.05, 0.1) is 6.10 Å². The molecule has 0 aromatic heterocycles. The van der Waals surface area contributed by atoms with Gasteiger partial charge in [-0.15, -0.1) is 0 Å². The fourth-order valence-corrected chi connectivity index (χ4v) is 2.06. The molecule has 1 aliphatic carbocycles. The van der Waals surface area contributed by atoms with Crippen molar-refractivity contribution in [3.05, 3.63) is 0 Å². The van der Waals surface area contributed by atoms with Gasteiger partial charge in [0, 0.05) is 13.1 Å². The number of ether oxygens (including phenoxy) is 1. The van der Waals surface area contributed by atoms with Crippen LogP contribution >= 0.6 is 0 Å². The van der Waals surface area contributed by atoms with Crippen LogP contribution in [0.1, 0.15) is 32.1 Å². The molecule has 1 saturated carbocycles. The quantitative estimate of drug-likeness (QED) is 0.743. The van der Waals surface area contributed by atoms with E-state index in [0.717, 1.165) is 25.9 Å². The Balaban J connectivity index is 1.68. The van der Waals surface area contributed by atoms with Gasteiger partial charge in [0.25, 0.3) is 0 Å². The second-order valence-electron chi connectivity index (χ2n) is 4.05. The van der Waals surface area contributed by atoms with E-state index in [9.17, 15) is 4.79 Å². The van der Waals surface area contributed by atoms with Crippen LogP contribution in [0.15, 0.2) is 0 Å². The van der Waals surface area contributed by atoms with Crippen molar-refractivity contribution in [1.29, 1.82) is 0 Å². The SMILES string of the molecule is O=C1NCCN1COC1CCCCC1. The van der Waals surface area contributed by atoms with E-state index in [-0.39, 0.29) is 6.03 Å². The molecule has 2 rings (SSSR count). The van der Waals surface area contributed by atoms with E-state index < -0.39 is 0 Å². The average molecular weight is 198 g/mol. The maximum atomic E-state index is 11.2. The molecule has 1 heterocycles. The van der Waals surface area contributed by atoms with E-state index in [0.29, 0.717) is 12.8 Å². The summed E-state index contributed by atoms with van der Waals surface area (Å²) in [6, 6.07) is 0.0146. The molecule has 0 aromatic carbocycles. The molecule has 4 nitrogen and oxygen atoms in total. The Labute approximate surface area is 84.6 Å². The molecule has 4 heteroatoms. The highest BCUT2D eigenvalue weighted by Gasteiger charge is 2.21. The summed E-state index contributed by atoms with van der Waals surface area (Å²) < 4.78 is 5.70. The number of hydrogen-bond acceptors (Lipinski definition) is 2. The van der Waals surface area contributed by atoms with E-state index in [1.54, 1.807) is 4.90 Å². The number of amides is 2. The lowest BCUT2D eigenvalue weighted by molar-refractivity contribution is -0.0171. The maximum absolute atomic E-state index is 11.2. The van der Waals surface area contributed by atoms with Gasteiger partial charge in [-0.2, -0.15) is 0 Å². The zero-order chi connectivity index (χ0) is 9.80. The number of nitrogens with one attached hydrogen (secondary N) is 1. The molecule has 0 unspecified atom stereocenters. The lowest BCUT2D eigenvalue weighted by Gasteiger charge is -2.24. The van der Waals surface area contributed by atoms with Crippen LogP contribution in [-0.4, -0.2) is 36.9 Å². The molecular formula is C10H18N2O2. The van der Waals surface area contributed by atoms with Crippen molar-refractivity contribution in [2.45, 2.75) is 38.2 Å². The minimum absolute atomic E-state index is 0.0146. The molecule has 0 spiro atoms. The molecule has 0 bridgehead atoms.